The Kier molecular flexibility index (Phi) is 9.08. The Bertz CT molecular complexity index is 945. The number of halogens is 1. The Morgan fingerprint density at radius 3 is 2.37 bits per heavy atom. The summed E-state index contributed by atoms with van der Waals surface area (Å²) in [5.74, 6) is 0.109. The van der Waals surface area contributed by atoms with Crippen LogP contribution in [0, 0.1) is 5.92 Å². The van der Waals surface area contributed by atoms with Gasteiger partial charge in [0.15, 0.2) is 0 Å². The van der Waals surface area contributed by atoms with Crippen LogP contribution in [-0.4, -0.2) is 26.4 Å². The first-order chi connectivity index (χ1) is 14.1. The van der Waals surface area contributed by atoms with Crippen molar-refractivity contribution in [2.24, 2.45) is 11.7 Å². The van der Waals surface area contributed by atoms with Gasteiger partial charge in [-0.05, 0) is 54.7 Å². The van der Waals surface area contributed by atoms with Gasteiger partial charge < -0.3 is 15.2 Å². The predicted molar refractivity (Wildman–Crippen MR) is 122 cm³/mol. The van der Waals surface area contributed by atoms with E-state index in [9.17, 15) is 13.2 Å². The fraction of sp³-hybridized carbons (Fsp3) is 0.318. The minimum Gasteiger partial charge on any atom is -0.379 e. The lowest BCUT2D eigenvalue weighted by molar-refractivity contribution is -0.122. The molecular formula is C22H27BrN2O4S. The molecule has 1 amide bonds. The first-order valence-corrected chi connectivity index (χ1v) is 11.9. The van der Waals surface area contributed by atoms with Crippen LogP contribution in [0.3, 0.4) is 0 Å². The molecule has 2 rings (SSSR count). The summed E-state index contributed by atoms with van der Waals surface area (Å²) in [6.45, 7) is 3.98. The van der Waals surface area contributed by atoms with Crippen molar-refractivity contribution in [3.8, 4) is 5.75 Å². The first kappa shape index (κ1) is 24.1. The molecule has 0 heterocycles. The van der Waals surface area contributed by atoms with Gasteiger partial charge in [0.05, 0.1) is 11.4 Å². The van der Waals surface area contributed by atoms with E-state index in [1.54, 1.807) is 24.3 Å². The minimum absolute atomic E-state index is 0.206. The summed E-state index contributed by atoms with van der Waals surface area (Å²) < 4.78 is 30.4. The number of hydrogen-bond acceptors (Lipinski definition) is 5. The number of carbonyl (C=O) groups excluding carboxylic acids is 1. The second-order valence-electron chi connectivity index (χ2n) is 7.40. The maximum absolute atomic E-state index is 12.5. The minimum atomic E-state index is -3.96. The third kappa shape index (κ3) is 8.69. The maximum atomic E-state index is 12.5. The molecule has 0 spiro atoms. The molecule has 0 saturated heterocycles. The van der Waals surface area contributed by atoms with Gasteiger partial charge in [-0.15, -0.1) is 0 Å². The molecule has 0 aliphatic rings. The zero-order valence-corrected chi connectivity index (χ0v) is 19.4. The molecule has 0 saturated carbocycles. The Balaban J connectivity index is 2.03. The van der Waals surface area contributed by atoms with Crippen molar-refractivity contribution < 1.29 is 17.4 Å². The summed E-state index contributed by atoms with van der Waals surface area (Å²) in [6.07, 6.45) is 2.39. The van der Waals surface area contributed by atoms with Gasteiger partial charge in [0, 0.05) is 10.5 Å². The molecule has 2 aromatic carbocycles. The highest BCUT2D eigenvalue weighted by Gasteiger charge is 2.19. The summed E-state index contributed by atoms with van der Waals surface area (Å²) in [5.41, 5.74) is 7.00. The van der Waals surface area contributed by atoms with E-state index in [-0.39, 0.29) is 17.6 Å². The number of carbonyl (C=O) groups is 1. The molecule has 0 aliphatic carbocycles. The lowest BCUT2D eigenvalue weighted by Crippen LogP contribution is -2.46. The van der Waals surface area contributed by atoms with E-state index in [1.165, 1.54) is 6.08 Å². The summed E-state index contributed by atoms with van der Waals surface area (Å²) in [7, 11) is -3.96. The highest BCUT2D eigenvalue weighted by molar-refractivity contribution is 9.10. The zero-order chi connectivity index (χ0) is 22.1. The third-order valence-corrected chi connectivity index (χ3v) is 5.64. The van der Waals surface area contributed by atoms with Crippen LogP contribution in [0.25, 0.3) is 0 Å². The molecule has 0 radical (unpaired) electrons. The Morgan fingerprint density at radius 1 is 1.13 bits per heavy atom. The van der Waals surface area contributed by atoms with E-state index >= 15 is 0 Å². The van der Waals surface area contributed by atoms with Gasteiger partial charge >= 0.3 is 10.1 Å². The summed E-state index contributed by atoms with van der Waals surface area (Å²) in [4.78, 5) is 12.5. The van der Waals surface area contributed by atoms with E-state index in [1.807, 2.05) is 44.2 Å². The summed E-state index contributed by atoms with van der Waals surface area (Å²) >= 11 is 3.28. The molecule has 8 heteroatoms. The Hall–Kier alpha value is -2.16. The molecule has 30 heavy (non-hydrogen) atoms. The number of nitrogens with two attached hydrogens (primary N) is 1. The van der Waals surface area contributed by atoms with E-state index in [0.29, 0.717) is 12.8 Å². The summed E-state index contributed by atoms with van der Waals surface area (Å²) in [5, 5.41) is 3.81. The average Bonchev–Trinajstić information content (AvgIpc) is 2.68. The maximum Gasteiger partial charge on any atom is 0.332 e. The van der Waals surface area contributed by atoms with Gasteiger partial charge in [0.25, 0.3) is 0 Å². The number of rotatable bonds is 10. The topological polar surface area (TPSA) is 98.5 Å². The molecule has 0 aromatic heterocycles. The highest BCUT2D eigenvalue weighted by Crippen LogP contribution is 2.18. The molecule has 0 unspecified atom stereocenters. The SMILES string of the molecule is CC(C)C[C@@H](/C=C/S(=O)(=O)Oc1ccc(Br)cc1)NC(=O)[C@@H](N)Cc1ccccc1. The number of nitrogens with one attached hydrogen (secondary N) is 1. The van der Waals surface area contributed by atoms with Crippen LogP contribution < -0.4 is 15.2 Å². The summed E-state index contributed by atoms with van der Waals surface area (Å²) in [6, 6.07) is 14.7. The molecule has 2 aromatic rings. The van der Waals surface area contributed by atoms with Gasteiger partial charge in [-0.3, -0.25) is 4.79 Å². The molecular weight excluding hydrogens is 468 g/mol. The number of amides is 1. The van der Waals surface area contributed by atoms with Crippen LogP contribution in [0.15, 0.2) is 70.6 Å². The quantitative estimate of drug-likeness (QED) is 0.489. The second-order valence-corrected chi connectivity index (χ2v) is 9.74. The molecule has 0 aliphatic heterocycles. The fourth-order valence-corrected chi connectivity index (χ4v) is 3.87. The second kappa shape index (κ2) is 11.3. The van der Waals surface area contributed by atoms with Crippen LogP contribution >= 0.6 is 15.9 Å². The number of hydrogen-bond donors (Lipinski definition) is 2. The van der Waals surface area contributed by atoms with Crippen molar-refractivity contribution in [3.63, 3.8) is 0 Å². The Labute approximate surface area is 186 Å². The lowest BCUT2D eigenvalue weighted by Gasteiger charge is -2.20. The van der Waals surface area contributed by atoms with E-state index in [2.05, 4.69) is 21.2 Å². The van der Waals surface area contributed by atoms with E-state index in [0.717, 1.165) is 15.4 Å². The van der Waals surface area contributed by atoms with Crippen molar-refractivity contribution in [2.75, 3.05) is 0 Å². The zero-order valence-electron chi connectivity index (χ0n) is 17.0. The van der Waals surface area contributed by atoms with Crippen molar-refractivity contribution in [3.05, 3.63) is 76.1 Å². The molecule has 2 atom stereocenters. The Morgan fingerprint density at radius 2 is 1.77 bits per heavy atom. The fourth-order valence-electron chi connectivity index (χ4n) is 2.79. The third-order valence-electron chi connectivity index (χ3n) is 4.19. The van der Waals surface area contributed by atoms with Gasteiger partial charge in [-0.25, -0.2) is 0 Å². The number of benzene rings is 2. The monoisotopic (exact) mass is 494 g/mol. The van der Waals surface area contributed by atoms with Crippen LogP contribution in [-0.2, 0) is 21.3 Å². The van der Waals surface area contributed by atoms with Crippen molar-refractivity contribution >= 4 is 32.0 Å². The van der Waals surface area contributed by atoms with Crippen molar-refractivity contribution in [1.82, 2.24) is 5.32 Å². The average molecular weight is 495 g/mol. The largest absolute Gasteiger partial charge is 0.379 e. The smallest absolute Gasteiger partial charge is 0.332 e. The van der Waals surface area contributed by atoms with Crippen LogP contribution in [0.2, 0.25) is 0 Å². The molecule has 6 nitrogen and oxygen atoms in total. The van der Waals surface area contributed by atoms with E-state index < -0.39 is 22.2 Å². The van der Waals surface area contributed by atoms with Gasteiger partial charge in [0.1, 0.15) is 5.75 Å². The van der Waals surface area contributed by atoms with Gasteiger partial charge in [-0.1, -0.05) is 60.1 Å². The van der Waals surface area contributed by atoms with Crippen LogP contribution in [0.4, 0.5) is 0 Å². The standard InChI is InChI=1S/C22H27BrN2O4S/c1-16(2)14-19(25-22(26)21(24)15-17-6-4-3-5-7-17)12-13-30(27,28)29-20-10-8-18(23)9-11-20/h3-13,16,19,21H,14-15,24H2,1-2H3,(H,25,26)/b13-12+/t19-,21+/m1/s1. The van der Waals surface area contributed by atoms with Crippen molar-refractivity contribution in [1.29, 1.82) is 0 Å². The highest BCUT2D eigenvalue weighted by atomic mass is 79.9. The van der Waals surface area contributed by atoms with E-state index in [4.69, 9.17) is 9.92 Å². The van der Waals surface area contributed by atoms with Gasteiger partial charge in [-0.2, -0.15) is 8.42 Å². The van der Waals surface area contributed by atoms with Crippen LogP contribution in [0.1, 0.15) is 25.8 Å². The first-order valence-electron chi connectivity index (χ1n) is 9.63. The van der Waals surface area contributed by atoms with Gasteiger partial charge in [0.2, 0.25) is 5.91 Å². The molecule has 0 fully saturated rings. The van der Waals surface area contributed by atoms with Crippen LogP contribution in [0.5, 0.6) is 5.75 Å². The predicted octanol–water partition coefficient (Wildman–Crippen LogP) is 3.77. The normalized spacial score (nSPS) is 13.9. The lowest BCUT2D eigenvalue weighted by atomic mass is 10.0. The molecule has 3 N–H and O–H groups in total. The van der Waals surface area contributed by atoms with Crippen molar-refractivity contribution in [2.45, 2.75) is 38.8 Å². The molecule has 0 bridgehead atoms. The molecule has 162 valence electrons.